The van der Waals surface area contributed by atoms with Crippen LogP contribution in [0, 0.1) is 23.7 Å². The second-order valence-electron chi connectivity index (χ2n) is 12.5. The van der Waals surface area contributed by atoms with E-state index < -0.39 is 0 Å². The van der Waals surface area contributed by atoms with Crippen LogP contribution in [0.2, 0.25) is 0 Å². The Morgan fingerprint density at radius 1 is 0.683 bits per heavy atom. The molecular weight excluding hydrogens is 520 g/mol. The summed E-state index contributed by atoms with van der Waals surface area (Å²) >= 11 is 0. The zero-order valence-electron chi connectivity index (χ0n) is 25.4. The van der Waals surface area contributed by atoms with Gasteiger partial charge in [0, 0.05) is 23.6 Å². The summed E-state index contributed by atoms with van der Waals surface area (Å²) in [5.41, 5.74) is 0.862. The van der Waals surface area contributed by atoms with Gasteiger partial charge in [0.25, 0.3) is 0 Å². The van der Waals surface area contributed by atoms with Crippen molar-refractivity contribution in [1.29, 1.82) is 0 Å². The molecule has 3 saturated carbocycles. The minimum Gasteiger partial charge on any atom is -0.462 e. The van der Waals surface area contributed by atoms with Crippen LogP contribution in [0.15, 0.2) is 36.5 Å². The lowest BCUT2D eigenvalue weighted by Crippen LogP contribution is -2.28. The SMILES string of the molecule is C=C(C)C(=O)OCCCOC1CCC(C2CCC(/C=C/C(=O)OC3CCC(CCOC(=O)C(=C)C)CC3)CC2)CC1. The van der Waals surface area contributed by atoms with E-state index in [0.717, 1.165) is 76.0 Å². The highest BCUT2D eigenvalue weighted by Gasteiger charge is 2.31. The van der Waals surface area contributed by atoms with Crippen LogP contribution in [-0.4, -0.2) is 49.9 Å². The Labute approximate surface area is 247 Å². The maximum absolute atomic E-state index is 12.4. The summed E-state index contributed by atoms with van der Waals surface area (Å²) in [6, 6.07) is 0. The van der Waals surface area contributed by atoms with Crippen molar-refractivity contribution in [1.82, 2.24) is 0 Å². The standard InChI is InChI=1S/C34H52O7/c1-24(2)33(36)39-22-5-21-38-30-17-13-29(14-18-30)28-11-6-26(7-12-28)10-19-32(35)41-31-15-8-27(9-16-31)20-23-40-34(37)25(3)4/h10,19,26-31H,1,3,5-9,11-18,20-23H2,2,4H3/b19-10+. The van der Waals surface area contributed by atoms with Crippen LogP contribution in [0.1, 0.15) is 104 Å². The first-order chi connectivity index (χ1) is 19.7. The summed E-state index contributed by atoms with van der Waals surface area (Å²) in [6.07, 6.45) is 18.9. The Hall–Kier alpha value is -2.41. The van der Waals surface area contributed by atoms with Crippen molar-refractivity contribution in [3.63, 3.8) is 0 Å². The number of hydrogen-bond donors (Lipinski definition) is 0. The number of esters is 3. The van der Waals surface area contributed by atoms with E-state index in [4.69, 9.17) is 18.9 Å². The average molecular weight is 573 g/mol. The molecule has 3 aliphatic carbocycles. The van der Waals surface area contributed by atoms with E-state index in [-0.39, 0.29) is 24.0 Å². The van der Waals surface area contributed by atoms with Crippen LogP contribution >= 0.6 is 0 Å². The quantitative estimate of drug-likeness (QED) is 0.0954. The molecule has 0 heterocycles. The van der Waals surface area contributed by atoms with Crippen LogP contribution in [-0.2, 0) is 33.3 Å². The molecule has 3 fully saturated rings. The van der Waals surface area contributed by atoms with Crippen molar-refractivity contribution in [3.8, 4) is 0 Å². The van der Waals surface area contributed by atoms with E-state index in [1.165, 1.54) is 25.7 Å². The van der Waals surface area contributed by atoms with Gasteiger partial charge in [0.15, 0.2) is 0 Å². The number of carbonyl (C=O) groups is 3. The van der Waals surface area contributed by atoms with Crippen LogP contribution < -0.4 is 0 Å². The molecule has 0 atom stereocenters. The van der Waals surface area contributed by atoms with Crippen molar-refractivity contribution in [2.24, 2.45) is 23.7 Å². The van der Waals surface area contributed by atoms with Crippen molar-refractivity contribution >= 4 is 17.9 Å². The summed E-state index contributed by atoms with van der Waals surface area (Å²) in [5.74, 6) is 1.69. The lowest BCUT2D eigenvalue weighted by molar-refractivity contribution is -0.145. The van der Waals surface area contributed by atoms with Crippen LogP contribution in [0.3, 0.4) is 0 Å². The van der Waals surface area contributed by atoms with Crippen molar-refractivity contribution in [2.75, 3.05) is 19.8 Å². The van der Waals surface area contributed by atoms with Gasteiger partial charge in [0.2, 0.25) is 0 Å². The Balaban J connectivity index is 1.22. The third-order valence-electron chi connectivity index (χ3n) is 9.11. The van der Waals surface area contributed by atoms with E-state index in [1.807, 2.05) is 0 Å². The Morgan fingerprint density at radius 3 is 1.80 bits per heavy atom. The Bertz CT molecular complexity index is 898. The summed E-state index contributed by atoms with van der Waals surface area (Å²) in [5, 5.41) is 0. The van der Waals surface area contributed by atoms with Crippen molar-refractivity contribution in [2.45, 2.75) is 116 Å². The third kappa shape index (κ3) is 12.2. The molecular formula is C34H52O7. The molecule has 41 heavy (non-hydrogen) atoms. The van der Waals surface area contributed by atoms with E-state index in [0.29, 0.717) is 48.9 Å². The van der Waals surface area contributed by atoms with Crippen molar-refractivity contribution in [3.05, 3.63) is 36.5 Å². The largest absolute Gasteiger partial charge is 0.462 e. The van der Waals surface area contributed by atoms with Gasteiger partial charge in [0.05, 0.1) is 25.9 Å². The number of carbonyl (C=O) groups excluding carboxylic acids is 3. The second-order valence-corrected chi connectivity index (χ2v) is 12.5. The number of ether oxygens (including phenoxy) is 4. The zero-order valence-corrected chi connectivity index (χ0v) is 25.4. The van der Waals surface area contributed by atoms with Gasteiger partial charge in [0.1, 0.15) is 6.10 Å². The minimum absolute atomic E-state index is 0.00438. The van der Waals surface area contributed by atoms with Gasteiger partial charge in [-0.25, -0.2) is 14.4 Å². The van der Waals surface area contributed by atoms with Gasteiger partial charge < -0.3 is 18.9 Å². The van der Waals surface area contributed by atoms with Crippen molar-refractivity contribution < 1.29 is 33.3 Å². The molecule has 0 N–H and O–H groups in total. The van der Waals surface area contributed by atoms with E-state index in [1.54, 1.807) is 19.9 Å². The summed E-state index contributed by atoms with van der Waals surface area (Å²) in [6.45, 7) is 12.0. The van der Waals surface area contributed by atoms with Gasteiger partial charge in [-0.3, -0.25) is 0 Å². The number of allylic oxidation sites excluding steroid dienone is 1. The lowest BCUT2D eigenvalue weighted by Gasteiger charge is -2.37. The summed E-state index contributed by atoms with van der Waals surface area (Å²) < 4.78 is 22.1. The fourth-order valence-corrected chi connectivity index (χ4v) is 6.53. The molecule has 230 valence electrons. The van der Waals surface area contributed by atoms with Gasteiger partial charge in [-0.2, -0.15) is 0 Å². The molecule has 7 heteroatoms. The molecule has 7 nitrogen and oxygen atoms in total. The van der Waals surface area contributed by atoms with E-state index >= 15 is 0 Å². The lowest BCUT2D eigenvalue weighted by atomic mass is 9.70. The minimum atomic E-state index is -0.331. The molecule has 0 aromatic heterocycles. The van der Waals surface area contributed by atoms with Crippen LogP contribution in [0.4, 0.5) is 0 Å². The van der Waals surface area contributed by atoms with Gasteiger partial charge in [-0.1, -0.05) is 19.2 Å². The maximum Gasteiger partial charge on any atom is 0.333 e. The molecule has 0 saturated heterocycles. The molecule has 0 bridgehead atoms. The first-order valence-corrected chi connectivity index (χ1v) is 15.9. The highest BCUT2D eigenvalue weighted by atomic mass is 16.5. The summed E-state index contributed by atoms with van der Waals surface area (Å²) in [4.78, 5) is 35.4. The molecule has 0 unspecified atom stereocenters. The first-order valence-electron chi connectivity index (χ1n) is 15.9. The van der Waals surface area contributed by atoms with Gasteiger partial charge >= 0.3 is 17.9 Å². The topological polar surface area (TPSA) is 88.1 Å². The molecule has 0 aliphatic heterocycles. The molecule has 0 spiro atoms. The Morgan fingerprint density at radius 2 is 1.22 bits per heavy atom. The summed E-state index contributed by atoms with van der Waals surface area (Å²) in [7, 11) is 0. The average Bonchev–Trinajstić information content (AvgIpc) is 2.97. The zero-order chi connectivity index (χ0) is 29.6. The molecule has 0 radical (unpaired) electrons. The molecule has 3 aliphatic rings. The third-order valence-corrected chi connectivity index (χ3v) is 9.11. The number of hydrogen-bond acceptors (Lipinski definition) is 7. The predicted octanol–water partition coefficient (Wildman–Crippen LogP) is 7.05. The van der Waals surface area contributed by atoms with E-state index in [2.05, 4.69) is 19.2 Å². The first kappa shape index (κ1) is 33.1. The van der Waals surface area contributed by atoms with Crippen LogP contribution in [0.5, 0.6) is 0 Å². The molecule has 0 amide bonds. The monoisotopic (exact) mass is 572 g/mol. The van der Waals surface area contributed by atoms with E-state index in [9.17, 15) is 14.4 Å². The second kappa shape index (κ2) is 17.5. The molecule has 3 rings (SSSR count). The highest BCUT2D eigenvalue weighted by Crippen LogP contribution is 2.41. The normalized spacial score (nSPS) is 28.5. The van der Waals surface area contributed by atoms with Gasteiger partial charge in [-0.15, -0.1) is 0 Å². The predicted molar refractivity (Wildman–Crippen MR) is 159 cm³/mol. The smallest absolute Gasteiger partial charge is 0.333 e. The fourth-order valence-electron chi connectivity index (χ4n) is 6.53. The Kier molecular flexibility index (Phi) is 14.1. The number of rotatable bonds is 14. The maximum atomic E-state index is 12.4. The molecule has 0 aromatic carbocycles. The highest BCUT2D eigenvalue weighted by molar-refractivity contribution is 5.87. The fraction of sp³-hybridized carbons (Fsp3) is 0.735. The van der Waals surface area contributed by atoms with Gasteiger partial charge in [-0.05, 0) is 121 Å². The van der Waals surface area contributed by atoms with Crippen LogP contribution in [0.25, 0.3) is 0 Å². The molecule has 0 aromatic rings.